The number of nitrogens with zero attached hydrogens (tertiary/aromatic N) is 4. The van der Waals surface area contributed by atoms with Crippen LogP contribution < -0.4 is 5.32 Å². The van der Waals surface area contributed by atoms with Gasteiger partial charge in [0.25, 0.3) is 0 Å². The zero-order valence-corrected chi connectivity index (χ0v) is 17.3. The van der Waals surface area contributed by atoms with Gasteiger partial charge < -0.3 is 14.7 Å². The lowest BCUT2D eigenvalue weighted by Crippen LogP contribution is -2.52. The van der Waals surface area contributed by atoms with E-state index >= 15 is 0 Å². The molecule has 0 spiro atoms. The Labute approximate surface area is 162 Å². The number of hydrogen-bond acceptors (Lipinski definition) is 4. The average Bonchev–Trinajstić information content (AvgIpc) is 2.91. The van der Waals surface area contributed by atoms with Gasteiger partial charge in [0, 0.05) is 51.9 Å². The minimum absolute atomic E-state index is 0. The molecule has 1 aliphatic heterocycles. The van der Waals surface area contributed by atoms with Crippen LogP contribution >= 0.6 is 24.0 Å². The van der Waals surface area contributed by atoms with Crippen molar-refractivity contribution in [3.8, 4) is 0 Å². The molecule has 2 heterocycles. The van der Waals surface area contributed by atoms with Crippen LogP contribution in [0.25, 0.3) is 0 Å². The van der Waals surface area contributed by atoms with Gasteiger partial charge in [-0.3, -0.25) is 9.89 Å². The van der Waals surface area contributed by atoms with Crippen molar-refractivity contribution in [3.05, 3.63) is 18.0 Å². The number of aliphatic imine (C=N–C) groups is 1. The monoisotopic (exact) mass is 447 g/mol. The molecule has 0 bridgehead atoms. The first kappa shape index (κ1) is 19.5. The second-order valence-electron chi connectivity index (χ2n) is 7.34. The fourth-order valence-electron chi connectivity index (χ4n) is 3.18. The molecule has 1 unspecified atom stereocenters. The van der Waals surface area contributed by atoms with E-state index in [1.807, 2.05) is 6.07 Å². The highest BCUT2D eigenvalue weighted by atomic mass is 127. The van der Waals surface area contributed by atoms with E-state index < -0.39 is 0 Å². The van der Waals surface area contributed by atoms with Crippen LogP contribution in [0.15, 0.2) is 21.8 Å². The largest absolute Gasteiger partial charge is 0.364 e. The van der Waals surface area contributed by atoms with Crippen LogP contribution in [0.3, 0.4) is 0 Å². The maximum Gasteiger partial charge on any atom is 0.194 e. The van der Waals surface area contributed by atoms with Crippen molar-refractivity contribution < 1.29 is 4.52 Å². The maximum atomic E-state index is 4.91. The summed E-state index contributed by atoms with van der Waals surface area (Å²) in [4.78, 5) is 9.69. The third-order valence-corrected chi connectivity index (χ3v) is 5.06. The molecular formula is C17H30IN5O. The molecule has 1 aromatic rings. The van der Waals surface area contributed by atoms with Gasteiger partial charge in [0.05, 0.1) is 5.69 Å². The van der Waals surface area contributed by atoms with Gasteiger partial charge in [0.15, 0.2) is 5.96 Å². The van der Waals surface area contributed by atoms with Gasteiger partial charge in [-0.1, -0.05) is 19.0 Å². The van der Waals surface area contributed by atoms with Gasteiger partial charge >= 0.3 is 0 Å². The molecule has 136 valence electrons. The normalized spacial score (nSPS) is 23.7. The van der Waals surface area contributed by atoms with E-state index in [9.17, 15) is 0 Å². The molecule has 6 nitrogen and oxygen atoms in total. The van der Waals surface area contributed by atoms with Gasteiger partial charge in [-0.2, -0.15) is 0 Å². The summed E-state index contributed by atoms with van der Waals surface area (Å²) in [5.41, 5.74) is 1.51. The Morgan fingerprint density at radius 1 is 1.38 bits per heavy atom. The lowest BCUT2D eigenvalue weighted by Gasteiger charge is -2.36. The predicted octanol–water partition coefficient (Wildman–Crippen LogP) is 2.42. The van der Waals surface area contributed by atoms with Crippen LogP contribution in [-0.4, -0.2) is 60.2 Å². The summed E-state index contributed by atoms with van der Waals surface area (Å²) in [6.07, 6.45) is 2.95. The standard InChI is InChI=1S/C17H29N5O.HI/c1-4-18-16(19-12-14-11-17(14,2)3)22-8-6-21(7-9-22)13-15-5-10-23-20-15;/h5,10,14H,4,6-9,11-13H2,1-3H3,(H,18,19);1H. The Bertz CT molecular complexity index is 523. The van der Waals surface area contributed by atoms with Crippen molar-refractivity contribution >= 4 is 29.9 Å². The third-order valence-electron chi connectivity index (χ3n) is 5.06. The highest BCUT2D eigenvalue weighted by Crippen LogP contribution is 2.51. The summed E-state index contributed by atoms with van der Waals surface area (Å²) in [5.74, 6) is 1.83. The topological polar surface area (TPSA) is 56.9 Å². The number of nitrogens with one attached hydrogen (secondary N) is 1. The van der Waals surface area contributed by atoms with Crippen molar-refractivity contribution in [1.82, 2.24) is 20.3 Å². The highest BCUT2D eigenvalue weighted by Gasteiger charge is 2.45. The van der Waals surface area contributed by atoms with Gasteiger partial charge in [-0.05, 0) is 24.7 Å². The van der Waals surface area contributed by atoms with Gasteiger partial charge in [-0.15, -0.1) is 24.0 Å². The molecule has 1 N–H and O–H groups in total. The van der Waals surface area contributed by atoms with Gasteiger partial charge in [0.1, 0.15) is 6.26 Å². The molecule has 0 aromatic carbocycles. The lowest BCUT2D eigenvalue weighted by atomic mass is 10.1. The molecule has 1 saturated heterocycles. The zero-order valence-electron chi connectivity index (χ0n) is 15.0. The molecule has 2 aliphatic rings. The number of hydrogen-bond donors (Lipinski definition) is 1. The highest BCUT2D eigenvalue weighted by molar-refractivity contribution is 14.0. The van der Waals surface area contributed by atoms with Crippen LogP contribution in [0.2, 0.25) is 0 Å². The van der Waals surface area contributed by atoms with Crippen molar-refractivity contribution in [2.75, 3.05) is 39.3 Å². The summed E-state index contributed by atoms with van der Waals surface area (Å²) in [6, 6.07) is 1.94. The van der Waals surface area contributed by atoms with Crippen LogP contribution in [0.4, 0.5) is 0 Å². The van der Waals surface area contributed by atoms with E-state index in [2.05, 4.69) is 41.0 Å². The second kappa shape index (κ2) is 8.51. The molecule has 1 atom stereocenters. The molecule has 0 amide bonds. The van der Waals surface area contributed by atoms with Gasteiger partial charge in [0.2, 0.25) is 0 Å². The summed E-state index contributed by atoms with van der Waals surface area (Å²) < 4.78 is 4.91. The van der Waals surface area contributed by atoms with Crippen molar-refractivity contribution in [1.29, 1.82) is 0 Å². The minimum Gasteiger partial charge on any atom is -0.364 e. The number of rotatable bonds is 5. The van der Waals surface area contributed by atoms with E-state index in [0.29, 0.717) is 5.41 Å². The van der Waals surface area contributed by atoms with E-state index in [1.165, 1.54) is 6.42 Å². The fraction of sp³-hybridized carbons (Fsp3) is 0.765. The number of piperazine rings is 1. The van der Waals surface area contributed by atoms with Crippen LogP contribution in [-0.2, 0) is 6.54 Å². The van der Waals surface area contributed by atoms with Crippen LogP contribution in [0.5, 0.6) is 0 Å². The molecule has 1 aliphatic carbocycles. The summed E-state index contributed by atoms with van der Waals surface area (Å²) >= 11 is 0. The molecule has 24 heavy (non-hydrogen) atoms. The summed E-state index contributed by atoms with van der Waals surface area (Å²) in [7, 11) is 0. The molecular weight excluding hydrogens is 417 g/mol. The molecule has 0 radical (unpaired) electrons. The van der Waals surface area contributed by atoms with Crippen molar-refractivity contribution in [3.63, 3.8) is 0 Å². The Morgan fingerprint density at radius 2 is 2.08 bits per heavy atom. The first-order valence-electron chi connectivity index (χ1n) is 8.73. The summed E-state index contributed by atoms with van der Waals surface area (Å²) in [5, 5.41) is 7.45. The molecule has 2 fully saturated rings. The first-order valence-corrected chi connectivity index (χ1v) is 8.73. The Hall–Kier alpha value is -0.830. The third kappa shape index (κ3) is 5.08. The van der Waals surface area contributed by atoms with Crippen LogP contribution in [0, 0.1) is 11.3 Å². The summed E-state index contributed by atoms with van der Waals surface area (Å²) in [6.45, 7) is 13.6. The van der Waals surface area contributed by atoms with E-state index in [1.54, 1.807) is 6.26 Å². The van der Waals surface area contributed by atoms with E-state index in [-0.39, 0.29) is 24.0 Å². The molecule has 1 aromatic heterocycles. The lowest BCUT2D eigenvalue weighted by molar-refractivity contribution is 0.169. The average molecular weight is 447 g/mol. The Morgan fingerprint density at radius 3 is 2.62 bits per heavy atom. The quantitative estimate of drug-likeness (QED) is 0.427. The fourth-order valence-corrected chi connectivity index (χ4v) is 3.18. The Kier molecular flexibility index (Phi) is 6.91. The maximum absolute atomic E-state index is 4.91. The van der Waals surface area contributed by atoms with E-state index in [4.69, 9.17) is 9.52 Å². The first-order chi connectivity index (χ1) is 11.1. The Balaban J connectivity index is 0.00000208. The molecule has 7 heteroatoms. The predicted molar refractivity (Wildman–Crippen MR) is 107 cm³/mol. The van der Waals surface area contributed by atoms with Crippen molar-refractivity contribution in [2.45, 2.75) is 33.7 Å². The number of aromatic nitrogens is 1. The minimum atomic E-state index is 0. The zero-order chi connectivity index (χ0) is 16.3. The number of guanidine groups is 1. The van der Waals surface area contributed by atoms with Crippen LogP contribution in [0.1, 0.15) is 32.9 Å². The van der Waals surface area contributed by atoms with Gasteiger partial charge in [-0.25, -0.2) is 0 Å². The van der Waals surface area contributed by atoms with Crippen molar-refractivity contribution in [2.24, 2.45) is 16.3 Å². The smallest absolute Gasteiger partial charge is 0.194 e. The SMILES string of the molecule is CCNC(=NCC1CC1(C)C)N1CCN(Cc2ccon2)CC1.I. The molecule has 1 saturated carbocycles. The number of halogens is 1. The molecule has 3 rings (SSSR count). The second-order valence-corrected chi connectivity index (χ2v) is 7.34. The van der Waals surface area contributed by atoms with E-state index in [0.717, 1.165) is 63.4 Å².